The molecule has 0 bridgehead atoms. The van der Waals surface area contributed by atoms with Gasteiger partial charge in [0, 0.05) is 23.3 Å². The summed E-state index contributed by atoms with van der Waals surface area (Å²) in [5.41, 5.74) is 1.84. The van der Waals surface area contributed by atoms with Crippen molar-refractivity contribution in [2.75, 3.05) is 11.9 Å². The first-order valence-corrected chi connectivity index (χ1v) is 10.2. The van der Waals surface area contributed by atoms with Crippen molar-refractivity contribution in [3.63, 3.8) is 0 Å². The summed E-state index contributed by atoms with van der Waals surface area (Å²) in [7, 11) is 0. The molecule has 0 aliphatic heterocycles. The van der Waals surface area contributed by atoms with Gasteiger partial charge in [-0.25, -0.2) is 9.37 Å². The predicted molar refractivity (Wildman–Crippen MR) is 110 cm³/mol. The molecule has 2 aromatic heterocycles. The van der Waals surface area contributed by atoms with E-state index in [0.29, 0.717) is 22.0 Å². The maximum atomic E-state index is 13.6. The second-order valence-corrected chi connectivity index (χ2v) is 8.09. The summed E-state index contributed by atoms with van der Waals surface area (Å²) >= 11 is 1.22. The molecule has 1 aromatic carbocycles. The topological polar surface area (TPSA) is 99.8 Å². The number of halogens is 1. The lowest BCUT2D eigenvalue weighted by molar-refractivity contribution is -0.115. The number of aryl methyl sites for hydroxylation is 1. The molecule has 0 atom stereocenters. The van der Waals surface area contributed by atoms with E-state index in [1.54, 1.807) is 35.3 Å². The Morgan fingerprint density at radius 3 is 2.87 bits per heavy atom. The van der Waals surface area contributed by atoms with Gasteiger partial charge in [0.15, 0.2) is 5.13 Å². The van der Waals surface area contributed by atoms with Crippen LogP contribution in [0.5, 0.6) is 0 Å². The van der Waals surface area contributed by atoms with E-state index in [2.05, 4.69) is 21.7 Å². The number of hydrogen-bond donors (Lipinski definition) is 2. The molecule has 1 aliphatic rings. The Balaban J connectivity index is 1.33. The first kappa shape index (κ1) is 19.8. The first-order valence-electron chi connectivity index (χ1n) is 9.29. The highest BCUT2D eigenvalue weighted by molar-refractivity contribution is 7.14. The van der Waals surface area contributed by atoms with Gasteiger partial charge in [0.1, 0.15) is 11.4 Å². The summed E-state index contributed by atoms with van der Waals surface area (Å²) in [5, 5.41) is 16.5. The standard InChI is InChI=1S/C21H18FN5O2S/c1-13-6-15(8-16(22)7-13)17-11-30-20(25-17)26-18(28)9-24-19(29)14-2-5-27(10-14)21(12-23)3-4-21/h2,5-8,10-11H,3-4,9H2,1H3,(H,24,29)(H,25,26,28). The van der Waals surface area contributed by atoms with Gasteiger partial charge in [-0.05, 0) is 49.6 Å². The number of aromatic nitrogens is 2. The van der Waals surface area contributed by atoms with E-state index >= 15 is 0 Å². The minimum Gasteiger partial charge on any atom is -0.343 e. The first-order chi connectivity index (χ1) is 14.4. The van der Waals surface area contributed by atoms with E-state index in [9.17, 15) is 19.2 Å². The third-order valence-electron chi connectivity index (χ3n) is 4.88. The zero-order valence-corrected chi connectivity index (χ0v) is 16.9. The van der Waals surface area contributed by atoms with Crippen LogP contribution in [0, 0.1) is 24.1 Å². The smallest absolute Gasteiger partial charge is 0.253 e. The van der Waals surface area contributed by atoms with Gasteiger partial charge in [0.25, 0.3) is 5.91 Å². The van der Waals surface area contributed by atoms with Gasteiger partial charge in [-0.3, -0.25) is 9.59 Å². The van der Waals surface area contributed by atoms with Crippen molar-refractivity contribution in [3.05, 3.63) is 59.0 Å². The number of rotatable bonds is 6. The van der Waals surface area contributed by atoms with E-state index in [1.165, 1.54) is 23.5 Å². The van der Waals surface area contributed by atoms with Crippen molar-refractivity contribution in [2.45, 2.75) is 25.3 Å². The third kappa shape index (κ3) is 4.09. The molecule has 2 N–H and O–H groups in total. The molecule has 30 heavy (non-hydrogen) atoms. The molecule has 0 spiro atoms. The molecule has 3 aromatic rings. The highest BCUT2D eigenvalue weighted by Crippen LogP contribution is 2.42. The van der Waals surface area contributed by atoms with Crippen molar-refractivity contribution in [3.8, 4) is 17.3 Å². The van der Waals surface area contributed by atoms with Crippen LogP contribution in [-0.4, -0.2) is 27.9 Å². The molecule has 4 rings (SSSR count). The minimum absolute atomic E-state index is 0.221. The van der Waals surface area contributed by atoms with Crippen LogP contribution in [0.25, 0.3) is 11.3 Å². The molecule has 2 heterocycles. The Morgan fingerprint density at radius 1 is 1.37 bits per heavy atom. The summed E-state index contributed by atoms with van der Waals surface area (Å²) in [6, 6.07) is 8.51. The number of nitriles is 1. The highest BCUT2D eigenvalue weighted by Gasteiger charge is 2.44. The van der Waals surface area contributed by atoms with Gasteiger partial charge >= 0.3 is 0 Å². The quantitative estimate of drug-likeness (QED) is 0.634. The van der Waals surface area contributed by atoms with Crippen LogP contribution in [0.2, 0.25) is 0 Å². The number of nitrogens with zero attached hydrogens (tertiary/aromatic N) is 3. The Morgan fingerprint density at radius 2 is 2.17 bits per heavy atom. The van der Waals surface area contributed by atoms with Crippen LogP contribution in [0.3, 0.4) is 0 Å². The van der Waals surface area contributed by atoms with Crippen LogP contribution in [0.1, 0.15) is 28.8 Å². The number of benzene rings is 1. The van der Waals surface area contributed by atoms with E-state index in [4.69, 9.17) is 0 Å². The van der Waals surface area contributed by atoms with Gasteiger partial charge in [0.2, 0.25) is 5.91 Å². The van der Waals surface area contributed by atoms with Gasteiger partial charge in [-0.2, -0.15) is 5.26 Å². The Labute approximate surface area is 176 Å². The van der Waals surface area contributed by atoms with Crippen molar-refractivity contribution >= 4 is 28.3 Å². The fourth-order valence-electron chi connectivity index (χ4n) is 3.12. The van der Waals surface area contributed by atoms with Crippen LogP contribution in [-0.2, 0) is 10.3 Å². The van der Waals surface area contributed by atoms with E-state index < -0.39 is 17.4 Å². The minimum atomic E-state index is -0.529. The fraction of sp³-hybridized carbons (Fsp3) is 0.238. The zero-order valence-electron chi connectivity index (χ0n) is 16.1. The summed E-state index contributed by atoms with van der Waals surface area (Å²) in [6.07, 6.45) is 4.87. The van der Waals surface area contributed by atoms with Crippen molar-refractivity contribution in [2.24, 2.45) is 0 Å². The Hall–Kier alpha value is -3.51. The van der Waals surface area contributed by atoms with Crippen molar-refractivity contribution < 1.29 is 14.0 Å². The van der Waals surface area contributed by atoms with E-state index in [0.717, 1.165) is 18.4 Å². The number of nitrogens with one attached hydrogen (secondary N) is 2. The van der Waals surface area contributed by atoms with Crippen LogP contribution < -0.4 is 10.6 Å². The molecule has 152 valence electrons. The summed E-state index contributed by atoms with van der Waals surface area (Å²) in [4.78, 5) is 28.7. The summed E-state index contributed by atoms with van der Waals surface area (Å²) in [5.74, 6) is -1.16. The highest BCUT2D eigenvalue weighted by atomic mass is 32.1. The maximum absolute atomic E-state index is 13.6. The molecule has 2 amide bonds. The number of thiazole rings is 1. The van der Waals surface area contributed by atoms with Crippen molar-refractivity contribution in [1.29, 1.82) is 5.26 Å². The number of anilines is 1. The molecule has 1 aliphatic carbocycles. The monoisotopic (exact) mass is 423 g/mol. The Bertz CT molecular complexity index is 1150. The maximum Gasteiger partial charge on any atom is 0.253 e. The molecular weight excluding hydrogens is 405 g/mol. The average molecular weight is 423 g/mol. The Kier molecular flexibility index (Phi) is 5.10. The third-order valence-corrected chi connectivity index (χ3v) is 5.64. The van der Waals surface area contributed by atoms with Crippen LogP contribution >= 0.6 is 11.3 Å². The molecule has 1 saturated carbocycles. The molecule has 0 saturated heterocycles. The number of hydrogen-bond acceptors (Lipinski definition) is 5. The largest absolute Gasteiger partial charge is 0.343 e. The van der Waals surface area contributed by atoms with Crippen molar-refractivity contribution in [1.82, 2.24) is 14.9 Å². The number of carbonyl (C=O) groups excluding carboxylic acids is 2. The van der Waals surface area contributed by atoms with Gasteiger partial charge in [0.05, 0.1) is 23.9 Å². The van der Waals surface area contributed by atoms with E-state index in [-0.39, 0.29) is 12.4 Å². The van der Waals surface area contributed by atoms with E-state index in [1.807, 2.05) is 6.07 Å². The molecule has 1 fully saturated rings. The molecule has 7 nitrogen and oxygen atoms in total. The van der Waals surface area contributed by atoms with Crippen LogP contribution in [0.15, 0.2) is 42.0 Å². The second kappa shape index (κ2) is 7.72. The second-order valence-electron chi connectivity index (χ2n) is 7.24. The predicted octanol–water partition coefficient (Wildman–Crippen LogP) is 3.44. The SMILES string of the molecule is Cc1cc(F)cc(-c2csc(NC(=O)CNC(=O)c3ccn(C4(C#N)CC4)c3)n2)c1. The lowest BCUT2D eigenvalue weighted by atomic mass is 10.1. The van der Waals surface area contributed by atoms with Crippen LogP contribution in [0.4, 0.5) is 9.52 Å². The van der Waals surface area contributed by atoms with Gasteiger partial charge < -0.3 is 15.2 Å². The van der Waals surface area contributed by atoms with Gasteiger partial charge in [-0.15, -0.1) is 11.3 Å². The summed E-state index contributed by atoms with van der Waals surface area (Å²) in [6.45, 7) is 1.57. The molecular formula is C21H18FN5O2S. The molecule has 9 heteroatoms. The molecule has 0 radical (unpaired) electrons. The normalized spacial score (nSPS) is 14.0. The zero-order chi connectivity index (χ0) is 21.3. The summed E-state index contributed by atoms with van der Waals surface area (Å²) < 4.78 is 15.3. The fourth-order valence-corrected chi connectivity index (χ4v) is 3.85. The number of carbonyl (C=O) groups is 2. The van der Waals surface area contributed by atoms with Gasteiger partial charge in [-0.1, -0.05) is 0 Å². The lowest BCUT2D eigenvalue weighted by Crippen LogP contribution is -2.32. The number of amides is 2. The molecule has 0 unspecified atom stereocenters. The lowest BCUT2D eigenvalue weighted by Gasteiger charge is -2.07. The average Bonchev–Trinajstić information content (AvgIpc) is 3.12.